The minimum Gasteiger partial charge on any atom is -0.329 e. The molecule has 21 heavy (non-hydrogen) atoms. The lowest BCUT2D eigenvalue weighted by Crippen LogP contribution is -2.39. The number of benzene rings is 1. The molecule has 0 aliphatic rings. The third-order valence-electron chi connectivity index (χ3n) is 3.65. The van der Waals surface area contributed by atoms with Gasteiger partial charge in [-0.3, -0.25) is 4.79 Å². The standard InChI is InChI=1S/C17H23N3O/c1-13(18-11-14-9-10-16(21)19-12-14)17(20(2)3)15-7-5-4-6-8-15/h4-10,12-13,17-18H,11H2,1-3H3,(H,19,21). The van der Waals surface area contributed by atoms with Crippen LogP contribution >= 0.6 is 0 Å². The lowest BCUT2D eigenvalue weighted by Gasteiger charge is -2.31. The van der Waals surface area contributed by atoms with Crippen molar-refractivity contribution >= 4 is 0 Å². The number of nitrogens with one attached hydrogen (secondary N) is 2. The Morgan fingerprint density at radius 3 is 2.43 bits per heavy atom. The summed E-state index contributed by atoms with van der Waals surface area (Å²) < 4.78 is 0. The van der Waals surface area contributed by atoms with Gasteiger partial charge in [-0.15, -0.1) is 0 Å². The van der Waals surface area contributed by atoms with Gasteiger partial charge in [0.15, 0.2) is 0 Å². The second-order valence-electron chi connectivity index (χ2n) is 5.55. The van der Waals surface area contributed by atoms with E-state index in [-0.39, 0.29) is 11.6 Å². The van der Waals surface area contributed by atoms with Crippen LogP contribution in [0.25, 0.3) is 0 Å². The summed E-state index contributed by atoms with van der Waals surface area (Å²) in [5, 5.41) is 3.53. The van der Waals surface area contributed by atoms with Crippen LogP contribution in [0.4, 0.5) is 0 Å². The monoisotopic (exact) mass is 285 g/mol. The highest BCUT2D eigenvalue weighted by molar-refractivity contribution is 5.20. The quantitative estimate of drug-likeness (QED) is 0.855. The fourth-order valence-electron chi connectivity index (χ4n) is 2.63. The average Bonchev–Trinajstić information content (AvgIpc) is 2.47. The van der Waals surface area contributed by atoms with E-state index < -0.39 is 0 Å². The first-order valence-electron chi connectivity index (χ1n) is 7.20. The Hall–Kier alpha value is -1.91. The molecule has 1 aromatic heterocycles. The van der Waals surface area contributed by atoms with E-state index in [4.69, 9.17) is 0 Å². The van der Waals surface area contributed by atoms with Gasteiger partial charge in [0.1, 0.15) is 0 Å². The highest BCUT2D eigenvalue weighted by atomic mass is 16.1. The second-order valence-corrected chi connectivity index (χ2v) is 5.55. The van der Waals surface area contributed by atoms with Crippen LogP contribution in [-0.4, -0.2) is 30.0 Å². The minimum absolute atomic E-state index is 0.0674. The van der Waals surface area contributed by atoms with Crippen LogP contribution in [0, 0.1) is 0 Å². The molecule has 0 radical (unpaired) electrons. The summed E-state index contributed by atoms with van der Waals surface area (Å²) in [5.41, 5.74) is 2.30. The van der Waals surface area contributed by atoms with Crippen LogP contribution in [0.5, 0.6) is 0 Å². The summed E-state index contributed by atoms with van der Waals surface area (Å²) >= 11 is 0. The van der Waals surface area contributed by atoms with Crippen molar-refractivity contribution in [2.75, 3.05) is 14.1 Å². The van der Waals surface area contributed by atoms with E-state index in [2.05, 4.69) is 60.5 Å². The zero-order valence-electron chi connectivity index (χ0n) is 12.8. The first kappa shape index (κ1) is 15.5. The van der Waals surface area contributed by atoms with E-state index in [1.54, 1.807) is 12.3 Å². The predicted molar refractivity (Wildman–Crippen MR) is 86.2 cm³/mol. The van der Waals surface area contributed by atoms with Gasteiger partial charge < -0.3 is 15.2 Å². The molecule has 2 N–H and O–H groups in total. The largest absolute Gasteiger partial charge is 0.329 e. The Morgan fingerprint density at radius 1 is 1.14 bits per heavy atom. The molecule has 1 aromatic carbocycles. The summed E-state index contributed by atoms with van der Waals surface area (Å²) in [4.78, 5) is 16.0. The van der Waals surface area contributed by atoms with Crippen molar-refractivity contribution in [3.63, 3.8) is 0 Å². The maximum atomic E-state index is 11.1. The number of aromatic amines is 1. The zero-order chi connectivity index (χ0) is 15.2. The summed E-state index contributed by atoms with van der Waals surface area (Å²) in [6, 6.07) is 14.5. The van der Waals surface area contributed by atoms with E-state index in [9.17, 15) is 4.79 Å². The van der Waals surface area contributed by atoms with Crippen LogP contribution in [0.3, 0.4) is 0 Å². The molecular formula is C17H23N3O. The minimum atomic E-state index is -0.0674. The first-order valence-corrected chi connectivity index (χ1v) is 7.20. The molecule has 2 unspecified atom stereocenters. The SMILES string of the molecule is CC(NCc1ccc(=O)[nH]c1)C(c1ccccc1)N(C)C. The number of likely N-dealkylation sites (N-methyl/N-ethyl adjacent to an activating group) is 1. The van der Waals surface area contributed by atoms with Crippen molar-refractivity contribution in [3.05, 3.63) is 70.1 Å². The maximum absolute atomic E-state index is 11.1. The molecule has 2 atom stereocenters. The van der Waals surface area contributed by atoms with Gasteiger partial charge in [-0.2, -0.15) is 0 Å². The van der Waals surface area contributed by atoms with Crippen LogP contribution in [0.15, 0.2) is 53.5 Å². The predicted octanol–water partition coefficient (Wildman–Crippen LogP) is 2.16. The highest BCUT2D eigenvalue weighted by Gasteiger charge is 2.20. The van der Waals surface area contributed by atoms with Gasteiger partial charge in [0, 0.05) is 30.9 Å². The molecule has 1 heterocycles. The van der Waals surface area contributed by atoms with Crippen molar-refractivity contribution in [2.24, 2.45) is 0 Å². The molecule has 0 aliphatic heterocycles. The van der Waals surface area contributed by atoms with E-state index >= 15 is 0 Å². The van der Waals surface area contributed by atoms with E-state index in [1.165, 1.54) is 5.56 Å². The Labute approximate surface area is 125 Å². The van der Waals surface area contributed by atoms with Crippen molar-refractivity contribution in [1.82, 2.24) is 15.2 Å². The molecule has 0 spiro atoms. The molecule has 0 aliphatic carbocycles. The van der Waals surface area contributed by atoms with E-state index in [0.717, 1.165) is 12.1 Å². The van der Waals surface area contributed by atoms with Gasteiger partial charge in [-0.1, -0.05) is 36.4 Å². The summed E-state index contributed by atoms with van der Waals surface area (Å²) in [6.07, 6.45) is 1.76. The normalized spacial score (nSPS) is 14.1. The number of aromatic nitrogens is 1. The smallest absolute Gasteiger partial charge is 0.247 e. The lowest BCUT2D eigenvalue weighted by atomic mass is 9.99. The second kappa shape index (κ2) is 7.20. The molecule has 2 aromatic rings. The molecule has 2 rings (SSSR count). The van der Waals surface area contributed by atoms with Gasteiger partial charge in [-0.25, -0.2) is 0 Å². The van der Waals surface area contributed by atoms with Crippen molar-refractivity contribution in [3.8, 4) is 0 Å². The highest BCUT2D eigenvalue weighted by Crippen LogP contribution is 2.21. The topological polar surface area (TPSA) is 48.1 Å². The summed E-state index contributed by atoms with van der Waals surface area (Å²) in [5.74, 6) is 0. The average molecular weight is 285 g/mol. The Balaban J connectivity index is 2.04. The van der Waals surface area contributed by atoms with Crippen molar-refractivity contribution in [1.29, 1.82) is 0 Å². The molecule has 0 saturated heterocycles. The molecule has 0 fully saturated rings. The van der Waals surface area contributed by atoms with Crippen LogP contribution in [0.1, 0.15) is 24.1 Å². The first-order chi connectivity index (χ1) is 10.1. The molecule has 0 bridgehead atoms. The van der Waals surface area contributed by atoms with Gasteiger partial charge in [0.25, 0.3) is 0 Å². The van der Waals surface area contributed by atoms with Gasteiger partial charge >= 0.3 is 0 Å². The maximum Gasteiger partial charge on any atom is 0.247 e. The number of H-pyrrole nitrogens is 1. The molecule has 112 valence electrons. The Bertz CT molecular complexity index is 586. The number of rotatable bonds is 6. The van der Waals surface area contributed by atoms with Crippen LogP contribution in [-0.2, 0) is 6.54 Å². The van der Waals surface area contributed by atoms with Crippen molar-refractivity contribution < 1.29 is 0 Å². The molecule has 0 amide bonds. The summed E-state index contributed by atoms with van der Waals surface area (Å²) in [6.45, 7) is 2.92. The fraction of sp³-hybridized carbons (Fsp3) is 0.353. The summed E-state index contributed by atoms with van der Waals surface area (Å²) in [7, 11) is 4.19. The van der Waals surface area contributed by atoms with Crippen LogP contribution < -0.4 is 10.9 Å². The number of nitrogens with zero attached hydrogens (tertiary/aromatic N) is 1. The number of hydrogen-bond donors (Lipinski definition) is 2. The van der Waals surface area contributed by atoms with Gasteiger partial charge in [0.2, 0.25) is 5.56 Å². The van der Waals surface area contributed by atoms with Crippen LogP contribution in [0.2, 0.25) is 0 Å². The zero-order valence-corrected chi connectivity index (χ0v) is 12.8. The van der Waals surface area contributed by atoms with Gasteiger partial charge in [-0.05, 0) is 32.1 Å². The number of hydrogen-bond acceptors (Lipinski definition) is 3. The van der Waals surface area contributed by atoms with E-state index in [1.807, 2.05) is 12.1 Å². The van der Waals surface area contributed by atoms with Crippen molar-refractivity contribution in [2.45, 2.75) is 25.6 Å². The molecule has 4 nitrogen and oxygen atoms in total. The Morgan fingerprint density at radius 2 is 1.86 bits per heavy atom. The molecule has 4 heteroatoms. The lowest BCUT2D eigenvalue weighted by molar-refractivity contribution is 0.239. The van der Waals surface area contributed by atoms with Gasteiger partial charge in [0.05, 0.1) is 0 Å². The third-order valence-corrected chi connectivity index (χ3v) is 3.65. The molecular weight excluding hydrogens is 262 g/mol. The third kappa shape index (κ3) is 4.28. The van der Waals surface area contributed by atoms with E-state index in [0.29, 0.717) is 6.04 Å². The Kier molecular flexibility index (Phi) is 5.31. The fourth-order valence-corrected chi connectivity index (χ4v) is 2.63. The number of pyridine rings is 1. The molecule has 0 saturated carbocycles.